The molecule has 0 saturated heterocycles. The summed E-state index contributed by atoms with van der Waals surface area (Å²) in [4.78, 5) is 68.6. The molecule has 0 heterocycles. The minimum absolute atomic E-state index is 0.0367. The molecule has 0 saturated carbocycles. The number of carboxylic acids is 1. The van der Waals surface area contributed by atoms with Gasteiger partial charge in [-0.25, -0.2) is 0 Å². The third kappa shape index (κ3) is 12.8. The molecule has 0 aromatic heterocycles. The number of carbonyl (C=O) groups is 6. The fourth-order valence-corrected chi connectivity index (χ4v) is 2.66. The quantitative estimate of drug-likeness (QED) is 0.191. The summed E-state index contributed by atoms with van der Waals surface area (Å²) in [6.07, 6.45) is 0.732. The molecule has 0 aliphatic heterocycles. The lowest BCUT2D eigenvalue weighted by atomic mass is 10.1. The van der Waals surface area contributed by atoms with Gasteiger partial charge in [-0.2, -0.15) is 0 Å². The molecule has 5 amide bonds. The van der Waals surface area contributed by atoms with Crippen LogP contribution in [0.5, 0.6) is 0 Å². The lowest BCUT2D eigenvalue weighted by Crippen LogP contribution is -2.44. The topological polar surface area (TPSA) is 183 Å². The molecular weight excluding hydrogens is 446 g/mol. The second kappa shape index (κ2) is 15.0. The molecule has 1 aromatic rings. The molecule has 6 N–H and O–H groups in total. The zero-order valence-electron chi connectivity index (χ0n) is 19.2. The number of carboxylic acid groups (broad SMARTS) is 1. The second-order valence-electron chi connectivity index (χ2n) is 7.51. The Morgan fingerprint density at radius 2 is 1.44 bits per heavy atom. The van der Waals surface area contributed by atoms with Gasteiger partial charge in [-0.05, 0) is 31.0 Å². The Morgan fingerprint density at radius 1 is 0.824 bits per heavy atom. The van der Waals surface area contributed by atoms with Crippen molar-refractivity contribution in [3.05, 3.63) is 29.8 Å². The Morgan fingerprint density at radius 3 is 2.06 bits per heavy atom. The largest absolute Gasteiger partial charge is 0.480 e. The van der Waals surface area contributed by atoms with Crippen molar-refractivity contribution in [2.75, 3.05) is 25.0 Å². The van der Waals surface area contributed by atoms with Crippen LogP contribution in [0.25, 0.3) is 0 Å². The first-order valence-corrected chi connectivity index (χ1v) is 10.8. The van der Waals surface area contributed by atoms with E-state index in [0.717, 1.165) is 5.56 Å². The van der Waals surface area contributed by atoms with Crippen molar-refractivity contribution >= 4 is 41.2 Å². The summed E-state index contributed by atoms with van der Waals surface area (Å²) in [7, 11) is 0. The monoisotopic (exact) mass is 477 g/mol. The van der Waals surface area contributed by atoms with Crippen molar-refractivity contribution in [1.82, 2.24) is 21.3 Å². The van der Waals surface area contributed by atoms with E-state index in [9.17, 15) is 28.8 Å². The molecule has 1 aromatic carbocycles. The highest BCUT2D eigenvalue weighted by Gasteiger charge is 2.14. The van der Waals surface area contributed by atoms with Crippen LogP contribution >= 0.6 is 0 Å². The van der Waals surface area contributed by atoms with Gasteiger partial charge >= 0.3 is 5.97 Å². The van der Waals surface area contributed by atoms with Gasteiger partial charge in [0.15, 0.2) is 0 Å². The molecule has 1 rings (SSSR count). The first kappa shape index (κ1) is 28.1. The molecule has 0 aliphatic carbocycles. The molecule has 0 fully saturated rings. The number of amides is 5. The van der Waals surface area contributed by atoms with Gasteiger partial charge in [0.05, 0.1) is 13.0 Å². The first-order valence-electron chi connectivity index (χ1n) is 10.8. The molecule has 34 heavy (non-hydrogen) atoms. The summed E-state index contributed by atoms with van der Waals surface area (Å²) < 4.78 is 0. The Bertz CT molecular complexity index is 886. The number of hydrogen-bond donors (Lipinski definition) is 6. The number of aliphatic carboxylic acids is 1. The average molecular weight is 478 g/mol. The van der Waals surface area contributed by atoms with Gasteiger partial charge in [-0.15, -0.1) is 0 Å². The van der Waals surface area contributed by atoms with E-state index in [0.29, 0.717) is 18.7 Å². The van der Waals surface area contributed by atoms with Gasteiger partial charge in [0.25, 0.3) is 0 Å². The van der Waals surface area contributed by atoms with E-state index in [1.54, 1.807) is 24.3 Å². The smallest absolute Gasteiger partial charge is 0.325 e. The molecular formula is C22H31N5O7. The zero-order valence-corrected chi connectivity index (χ0v) is 19.2. The Hall–Kier alpha value is -3.96. The standard InChI is InChI=1S/C22H31N5O7/c1-14(22(33)34)26-21(32)13-25-19(30)9-11-24-18(29)4-3-10-23-20(31)12-16-5-7-17(8-6-16)27-15(2)28/h5-8,14H,3-4,9-13H2,1-2H3,(H,23,31)(H,24,29)(H,25,30)(H,26,32)(H,27,28)(H,33,34)/t14-/m1/s1. The van der Waals surface area contributed by atoms with Gasteiger partial charge in [-0.1, -0.05) is 12.1 Å². The van der Waals surface area contributed by atoms with Crippen molar-refractivity contribution < 1.29 is 33.9 Å². The van der Waals surface area contributed by atoms with Gasteiger partial charge in [0.2, 0.25) is 29.5 Å². The SMILES string of the molecule is CC(=O)Nc1ccc(CC(=O)NCCCC(=O)NCCC(=O)NCC(=O)N[C@H](C)C(=O)O)cc1. The summed E-state index contributed by atoms with van der Waals surface area (Å²) in [5, 5.41) is 21.2. The number of hydrogen-bond acceptors (Lipinski definition) is 6. The predicted octanol–water partition coefficient (Wildman–Crippen LogP) is -0.704. The van der Waals surface area contributed by atoms with Gasteiger partial charge in [0.1, 0.15) is 6.04 Å². The van der Waals surface area contributed by atoms with E-state index >= 15 is 0 Å². The van der Waals surface area contributed by atoms with Crippen molar-refractivity contribution in [1.29, 1.82) is 0 Å². The van der Waals surface area contributed by atoms with E-state index in [1.807, 2.05) is 0 Å². The van der Waals surface area contributed by atoms with E-state index in [-0.39, 0.29) is 50.1 Å². The third-order valence-corrected chi connectivity index (χ3v) is 4.41. The molecule has 0 bridgehead atoms. The molecule has 186 valence electrons. The highest BCUT2D eigenvalue weighted by atomic mass is 16.4. The molecule has 0 radical (unpaired) electrons. The van der Waals surface area contributed by atoms with E-state index in [2.05, 4.69) is 26.6 Å². The Kier molecular flexibility index (Phi) is 12.4. The van der Waals surface area contributed by atoms with Crippen LogP contribution in [0.2, 0.25) is 0 Å². The minimum atomic E-state index is -1.18. The van der Waals surface area contributed by atoms with Crippen LogP contribution in [-0.4, -0.2) is 66.3 Å². The molecule has 12 heteroatoms. The normalized spacial score (nSPS) is 11.0. The van der Waals surface area contributed by atoms with Crippen molar-refractivity contribution in [3.63, 3.8) is 0 Å². The second-order valence-corrected chi connectivity index (χ2v) is 7.51. The summed E-state index contributed by atoms with van der Waals surface area (Å²) in [5.41, 5.74) is 1.44. The van der Waals surface area contributed by atoms with Crippen LogP contribution < -0.4 is 26.6 Å². The van der Waals surface area contributed by atoms with Gasteiger partial charge < -0.3 is 31.7 Å². The van der Waals surface area contributed by atoms with E-state index < -0.39 is 23.8 Å². The minimum Gasteiger partial charge on any atom is -0.480 e. The number of carbonyl (C=O) groups excluding carboxylic acids is 5. The maximum Gasteiger partial charge on any atom is 0.325 e. The number of nitrogens with one attached hydrogen (secondary N) is 5. The average Bonchev–Trinajstić information content (AvgIpc) is 2.76. The fourth-order valence-electron chi connectivity index (χ4n) is 2.66. The van der Waals surface area contributed by atoms with Crippen LogP contribution in [0.15, 0.2) is 24.3 Å². The van der Waals surface area contributed by atoms with Crippen LogP contribution in [0.4, 0.5) is 5.69 Å². The molecule has 1 atom stereocenters. The fraction of sp³-hybridized carbons (Fsp3) is 0.455. The maximum atomic E-state index is 12.0. The van der Waals surface area contributed by atoms with Crippen molar-refractivity contribution in [2.45, 2.75) is 45.6 Å². The Labute approximate surface area is 197 Å². The van der Waals surface area contributed by atoms with Crippen LogP contribution in [0.3, 0.4) is 0 Å². The van der Waals surface area contributed by atoms with Crippen LogP contribution in [0, 0.1) is 0 Å². The van der Waals surface area contributed by atoms with Crippen LogP contribution in [-0.2, 0) is 35.2 Å². The number of rotatable bonds is 14. The van der Waals surface area contributed by atoms with Crippen molar-refractivity contribution in [2.24, 2.45) is 0 Å². The highest BCUT2D eigenvalue weighted by molar-refractivity contribution is 5.89. The summed E-state index contributed by atoms with van der Waals surface area (Å²) >= 11 is 0. The zero-order chi connectivity index (χ0) is 25.5. The predicted molar refractivity (Wildman–Crippen MR) is 123 cm³/mol. The van der Waals surface area contributed by atoms with E-state index in [1.165, 1.54) is 13.8 Å². The number of anilines is 1. The van der Waals surface area contributed by atoms with Gasteiger partial charge in [-0.3, -0.25) is 28.8 Å². The third-order valence-electron chi connectivity index (χ3n) is 4.41. The van der Waals surface area contributed by atoms with Crippen LogP contribution in [0.1, 0.15) is 38.7 Å². The molecule has 12 nitrogen and oxygen atoms in total. The Balaban J connectivity index is 2.12. The number of benzene rings is 1. The van der Waals surface area contributed by atoms with E-state index in [4.69, 9.17) is 5.11 Å². The molecule has 0 unspecified atom stereocenters. The lowest BCUT2D eigenvalue weighted by Gasteiger charge is -2.10. The summed E-state index contributed by atoms with van der Waals surface area (Å²) in [5.74, 6) is -2.91. The summed E-state index contributed by atoms with van der Waals surface area (Å²) in [6, 6.07) is 5.86. The highest BCUT2D eigenvalue weighted by Crippen LogP contribution is 2.10. The molecule has 0 aliphatic rings. The lowest BCUT2D eigenvalue weighted by molar-refractivity contribution is -0.141. The molecule has 0 spiro atoms. The first-order chi connectivity index (χ1) is 16.1. The summed E-state index contributed by atoms with van der Waals surface area (Å²) in [6.45, 7) is 2.76. The van der Waals surface area contributed by atoms with Gasteiger partial charge in [0, 0.05) is 38.5 Å². The maximum absolute atomic E-state index is 12.0. The van der Waals surface area contributed by atoms with Crippen molar-refractivity contribution in [3.8, 4) is 0 Å².